The second-order valence-electron chi connectivity index (χ2n) is 17.2. The van der Waals surface area contributed by atoms with Crippen LogP contribution in [0.25, 0.3) is 84.5 Å². The fourth-order valence-electron chi connectivity index (χ4n) is 9.62. The smallest absolute Gasteiger partial charge is 0.160 e. The molecule has 7 aromatic carbocycles. The van der Waals surface area contributed by atoms with Gasteiger partial charge in [0.05, 0.1) is 22.8 Å². The number of allylic oxidation sites excluding steroid dienone is 4. The Balaban J connectivity index is 0.999. The Bertz CT molecular complexity index is 3150. The first-order valence-corrected chi connectivity index (χ1v) is 23.2. The van der Waals surface area contributed by atoms with Crippen molar-refractivity contribution < 1.29 is 0 Å². The Morgan fingerprint density at radius 3 is 1.29 bits per heavy atom. The molecular formula is C62H52N4. The van der Waals surface area contributed by atoms with Gasteiger partial charge in [0.15, 0.2) is 11.6 Å². The van der Waals surface area contributed by atoms with E-state index >= 15 is 0 Å². The van der Waals surface area contributed by atoms with Gasteiger partial charge in [-0.3, -0.25) is 0 Å². The van der Waals surface area contributed by atoms with Gasteiger partial charge < -0.3 is 0 Å². The number of rotatable bonds is 11. The molecule has 0 aliphatic heterocycles. The van der Waals surface area contributed by atoms with E-state index in [2.05, 4.69) is 220 Å². The van der Waals surface area contributed by atoms with Crippen LogP contribution in [-0.2, 0) is 5.41 Å². The molecule has 10 rings (SSSR count). The molecule has 0 spiro atoms. The third-order valence-electron chi connectivity index (χ3n) is 13.1. The van der Waals surface area contributed by atoms with Gasteiger partial charge in [0.2, 0.25) is 0 Å². The monoisotopic (exact) mass is 852 g/mol. The summed E-state index contributed by atoms with van der Waals surface area (Å²) in [5.74, 6) is 1.43. The molecule has 1 aliphatic rings. The highest BCUT2D eigenvalue weighted by molar-refractivity contribution is 5.79. The maximum Gasteiger partial charge on any atom is 0.160 e. The number of nitrogens with zero attached hydrogens (tertiary/aromatic N) is 4. The molecule has 0 radical (unpaired) electrons. The Morgan fingerprint density at radius 1 is 0.379 bits per heavy atom. The van der Waals surface area contributed by atoms with Crippen LogP contribution >= 0.6 is 0 Å². The van der Waals surface area contributed by atoms with Crippen molar-refractivity contribution in [3.8, 4) is 78.9 Å². The lowest BCUT2D eigenvalue weighted by atomic mass is 9.65. The average molecular weight is 853 g/mol. The Hall–Kier alpha value is -7.82. The molecule has 0 bridgehead atoms. The van der Waals surface area contributed by atoms with Crippen LogP contribution in [0.4, 0.5) is 0 Å². The molecule has 2 heterocycles. The van der Waals surface area contributed by atoms with Gasteiger partial charge >= 0.3 is 0 Å². The van der Waals surface area contributed by atoms with E-state index in [4.69, 9.17) is 19.9 Å². The van der Waals surface area contributed by atoms with Gasteiger partial charge in [-0.15, -0.1) is 0 Å². The minimum absolute atomic E-state index is 0.110. The highest BCUT2D eigenvalue weighted by Crippen LogP contribution is 2.46. The number of hydrogen-bond acceptors (Lipinski definition) is 4. The normalized spacial score (nSPS) is 13.8. The molecule has 66 heavy (non-hydrogen) atoms. The zero-order valence-electron chi connectivity index (χ0n) is 37.6. The molecule has 0 unspecified atom stereocenters. The molecule has 0 amide bonds. The van der Waals surface area contributed by atoms with E-state index in [1.54, 1.807) is 0 Å². The van der Waals surface area contributed by atoms with Crippen molar-refractivity contribution in [3.63, 3.8) is 0 Å². The molecule has 2 aromatic heterocycles. The van der Waals surface area contributed by atoms with E-state index in [0.717, 1.165) is 80.1 Å². The summed E-state index contributed by atoms with van der Waals surface area (Å²) in [6.07, 6.45) is 12.2. The summed E-state index contributed by atoms with van der Waals surface area (Å²) in [5, 5.41) is 0. The van der Waals surface area contributed by atoms with Crippen molar-refractivity contribution in [2.75, 3.05) is 0 Å². The number of benzene rings is 7. The lowest BCUT2D eigenvalue weighted by molar-refractivity contribution is 0.346. The highest BCUT2D eigenvalue weighted by Gasteiger charge is 2.36. The second kappa shape index (κ2) is 19.1. The fraction of sp³-hybridized carbons (Fsp3) is 0.129. The summed E-state index contributed by atoms with van der Waals surface area (Å²) < 4.78 is 0. The first-order valence-electron chi connectivity index (χ1n) is 23.2. The zero-order valence-corrected chi connectivity index (χ0v) is 37.6. The molecular weight excluding hydrogens is 801 g/mol. The molecule has 0 saturated heterocycles. The van der Waals surface area contributed by atoms with Crippen LogP contribution < -0.4 is 0 Å². The summed E-state index contributed by atoms with van der Waals surface area (Å²) >= 11 is 0. The Kier molecular flexibility index (Phi) is 12.2. The fourth-order valence-corrected chi connectivity index (χ4v) is 9.62. The van der Waals surface area contributed by atoms with Gasteiger partial charge in [0, 0.05) is 38.8 Å². The molecule has 1 saturated carbocycles. The van der Waals surface area contributed by atoms with E-state index in [1.165, 1.54) is 41.5 Å². The van der Waals surface area contributed by atoms with Crippen LogP contribution in [0.15, 0.2) is 218 Å². The molecule has 0 atom stereocenters. The van der Waals surface area contributed by atoms with Gasteiger partial charge in [-0.1, -0.05) is 213 Å². The minimum atomic E-state index is -0.110. The lowest BCUT2D eigenvalue weighted by Gasteiger charge is -2.39. The summed E-state index contributed by atoms with van der Waals surface area (Å²) in [4.78, 5) is 20.8. The van der Waals surface area contributed by atoms with Gasteiger partial charge in [0.1, 0.15) is 0 Å². The maximum absolute atomic E-state index is 5.24. The van der Waals surface area contributed by atoms with E-state index in [9.17, 15) is 0 Å². The van der Waals surface area contributed by atoms with Crippen LogP contribution in [0.1, 0.15) is 62.6 Å². The minimum Gasteiger partial charge on any atom is -0.228 e. The van der Waals surface area contributed by atoms with Crippen molar-refractivity contribution in [2.24, 2.45) is 0 Å². The van der Waals surface area contributed by atoms with Crippen LogP contribution in [0.2, 0.25) is 0 Å². The first-order chi connectivity index (χ1) is 32.6. The molecule has 4 nitrogen and oxygen atoms in total. The third kappa shape index (κ3) is 8.83. The molecule has 1 aliphatic carbocycles. The summed E-state index contributed by atoms with van der Waals surface area (Å²) in [6.45, 7) is 4.14. The SMILES string of the molecule is C/C=C\C(=C/C)c1cccc(-c2cc(-c3ccccc3)nc(-c3ccc(C4(c5ccc(-c6nc(-c7ccccc7)cc(-c7cccc(-c8ccccc8)c7)n6)cc5)CCCCC4)cc3)n2)c1. The summed E-state index contributed by atoms with van der Waals surface area (Å²) in [5.41, 5.74) is 17.1. The first kappa shape index (κ1) is 42.1. The van der Waals surface area contributed by atoms with Crippen molar-refractivity contribution in [1.29, 1.82) is 0 Å². The van der Waals surface area contributed by atoms with Crippen LogP contribution in [0.3, 0.4) is 0 Å². The number of hydrogen-bond donors (Lipinski definition) is 0. The average Bonchev–Trinajstić information content (AvgIpc) is 3.41. The molecule has 9 aromatic rings. The van der Waals surface area contributed by atoms with E-state index in [1.807, 2.05) is 12.1 Å². The summed E-state index contributed by atoms with van der Waals surface area (Å²) in [7, 11) is 0. The predicted molar refractivity (Wildman–Crippen MR) is 274 cm³/mol. The topological polar surface area (TPSA) is 51.6 Å². The molecule has 1 fully saturated rings. The van der Waals surface area contributed by atoms with Gasteiger partial charge in [0.25, 0.3) is 0 Å². The third-order valence-corrected chi connectivity index (χ3v) is 13.1. The predicted octanol–water partition coefficient (Wildman–Crippen LogP) is 16.2. The summed E-state index contributed by atoms with van der Waals surface area (Å²) in [6, 6.07) is 71.1. The molecule has 4 heteroatoms. The van der Waals surface area contributed by atoms with Gasteiger partial charge in [-0.25, -0.2) is 19.9 Å². The Labute approximate surface area is 389 Å². The van der Waals surface area contributed by atoms with Crippen molar-refractivity contribution in [2.45, 2.75) is 51.4 Å². The van der Waals surface area contributed by atoms with Crippen LogP contribution in [0, 0.1) is 0 Å². The van der Waals surface area contributed by atoms with Crippen molar-refractivity contribution in [1.82, 2.24) is 19.9 Å². The van der Waals surface area contributed by atoms with E-state index in [0.29, 0.717) is 11.6 Å². The Morgan fingerprint density at radius 2 is 0.803 bits per heavy atom. The maximum atomic E-state index is 5.24. The zero-order chi connectivity index (χ0) is 44.7. The van der Waals surface area contributed by atoms with E-state index < -0.39 is 0 Å². The second-order valence-corrected chi connectivity index (χ2v) is 17.2. The van der Waals surface area contributed by atoms with Gasteiger partial charge in [-0.05, 0) is 84.3 Å². The quantitative estimate of drug-likeness (QED) is 0.122. The standard InChI is InChI=1S/C62H52N4/c1-3-19-44(4-2)50-26-17-28-52(40-50)58-42-56(46-22-11-6-12-23-46)63-60(65-58)48-30-34-54(35-31-48)62(38-15-8-16-39-62)55-36-32-49(33-37-55)61-64-57(47-24-13-7-14-25-47)43-59(66-61)53-29-18-27-51(41-53)45-20-9-5-10-21-45/h3-7,9-14,17-37,40-43H,8,15-16,38-39H2,1-2H3/b19-3-,44-4+. The largest absolute Gasteiger partial charge is 0.228 e. The van der Waals surface area contributed by atoms with E-state index in [-0.39, 0.29) is 5.41 Å². The highest BCUT2D eigenvalue weighted by atomic mass is 14.9. The van der Waals surface area contributed by atoms with Crippen molar-refractivity contribution >= 4 is 5.57 Å². The molecule has 320 valence electrons. The lowest BCUT2D eigenvalue weighted by Crippen LogP contribution is -2.30. The number of aromatic nitrogens is 4. The van der Waals surface area contributed by atoms with Crippen molar-refractivity contribution in [3.05, 3.63) is 235 Å². The molecule has 0 N–H and O–H groups in total. The van der Waals surface area contributed by atoms with Crippen LogP contribution in [-0.4, -0.2) is 19.9 Å². The van der Waals surface area contributed by atoms with Crippen LogP contribution in [0.5, 0.6) is 0 Å². The van der Waals surface area contributed by atoms with Gasteiger partial charge in [-0.2, -0.15) is 0 Å².